The summed E-state index contributed by atoms with van der Waals surface area (Å²) in [5.74, 6) is 3.96. The molecule has 1 aromatic carbocycles. The van der Waals surface area contributed by atoms with Crippen LogP contribution in [-0.4, -0.2) is 18.3 Å². The van der Waals surface area contributed by atoms with Gasteiger partial charge >= 0.3 is 0 Å². The molecule has 1 aromatic rings. The maximum Gasteiger partial charge on any atom is 0.218 e. The maximum absolute atomic E-state index is 13.6. The van der Waals surface area contributed by atoms with E-state index in [-0.39, 0.29) is 18.8 Å². The van der Waals surface area contributed by atoms with E-state index in [2.05, 4.69) is 11.8 Å². The van der Waals surface area contributed by atoms with Gasteiger partial charge in [-0.2, -0.15) is 0 Å². The second kappa shape index (κ2) is 5.32. The standard InChI is InChI=1S/C13H11FO2/c1-3-13(4-2,16-10-9-15)11-7-5-6-8-12(11)14/h1-2,5-8,15H,9-10H2. The summed E-state index contributed by atoms with van der Waals surface area (Å²) in [7, 11) is 0. The van der Waals surface area contributed by atoms with Gasteiger partial charge in [0.1, 0.15) is 5.82 Å². The normalized spacial score (nSPS) is 10.5. The van der Waals surface area contributed by atoms with Gasteiger partial charge in [0.15, 0.2) is 0 Å². The third kappa shape index (κ3) is 2.23. The zero-order valence-electron chi connectivity index (χ0n) is 8.61. The summed E-state index contributed by atoms with van der Waals surface area (Å²) in [6.07, 6.45) is 10.6. The van der Waals surface area contributed by atoms with Crippen LogP contribution >= 0.6 is 0 Å². The molecular weight excluding hydrogens is 207 g/mol. The van der Waals surface area contributed by atoms with Gasteiger partial charge in [-0.3, -0.25) is 0 Å². The van der Waals surface area contributed by atoms with Crippen LogP contribution in [-0.2, 0) is 10.3 Å². The molecule has 0 unspecified atom stereocenters. The van der Waals surface area contributed by atoms with Crippen molar-refractivity contribution in [2.45, 2.75) is 5.60 Å². The molecule has 0 saturated carbocycles. The predicted molar refractivity (Wildman–Crippen MR) is 58.8 cm³/mol. The van der Waals surface area contributed by atoms with Crippen LogP contribution in [0.25, 0.3) is 0 Å². The molecule has 1 N–H and O–H groups in total. The molecule has 0 spiro atoms. The number of benzene rings is 1. The Morgan fingerprint density at radius 1 is 1.31 bits per heavy atom. The van der Waals surface area contributed by atoms with Gasteiger partial charge in [-0.05, 0) is 6.07 Å². The molecule has 82 valence electrons. The lowest BCUT2D eigenvalue weighted by molar-refractivity contribution is 0.0145. The Labute approximate surface area is 94.1 Å². The summed E-state index contributed by atoms with van der Waals surface area (Å²) in [5.41, 5.74) is -1.46. The van der Waals surface area contributed by atoms with Crippen molar-refractivity contribution in [1.29, 1.82) is 0 Å². The average molecular weight is 218 g/mol. The topological polar surface area (TPSA) is 29.5 Å². The van der Waals surface area contributed by atoms with Crippen molar-refractivity contribution in [2.24, 2.45) is 0 Å². The minimum absolute atomic E-state index is 0.0528. The van der Waals surface area contributed by atoms with Crippen molar-refractivity contribution in [2.75, 3.05) is 13.2 Å². The van der Waals surface area contributed by atoms with E-state index in [1.54, 1.807) is 6.07 Å². The van der Waals surface area contributed by atoms with Gasteiger partial charge in [0.25, 0.3) is 0 Å². The summed E-state index contributed by atoms with van der Waals surface area (Å²) >= 11 is 0. The van der Waals surface area contributed by atoms with E-state index < -0.39 is 11.4 Å². The SMILES string of the molecule is C#CC(C#C)(OCCO)c1ccccc1F. The molecule has 0 aromatic heterocycles. The van der Waals surface area contributed by atoms with Gasteiger partial charge in [-0.15, -0.1) is 12.8 Å². The first-order valence-corrected chi connectivity index (χ1v) is 4.65. The highest BCUT2D eigenvalue weighted by atomic mass is 19.1. The van der Waals surface area contributed by atoms with Crippen LogP contribution in [0.1, 0.15) is 5.56 Å². The van der Waals surface area contributed by atoms with Crippen LogP contribution in [0.4, 0.5) is 4.39 Å². The van der Waals surface area contributed by atoms with E-state index >= 15 is 0 Å². The summed E-state index contributed by atoms with van der Waals surface area (Å²) in [6, 6.07) is 5.86. The Hall–Kier alpha value is -1.81. The number of hydrogen-bond acceptors (Lipinski definition) is 2. The van der Waals surface area contributed by atoms with Crippen molar-refractivity contribution < 1.29 is 14.2 Å². The van der Waals surface area contributed by atoms with Crippen LogP contribution in [0.2, 0.25) is 0 Å². The van der Waals surface area contributed by atoms with Gasteiger partial charge in [0.05, 0.1) is 13.2 Å². The molecule has 0 heterocycles. The lowest BCUT2D eigenvalue weighted by Gasteiger charge is -2.23. The van der Waals surface area contributed by atoms with Crippen LogP contribution < -0.4 is 0 Å². The number of rotatable bonds is 4. The molecule has 0 amide bonds. The molecular formula is C13H11FO2. The lowest BCUT2D eigenvalue weighted by atomic mass is 9.95. The fourth-order valence-corrected chi connectivity index (χ4v) is 1.30. The molecule has 0 bridgehead atoms. The van der Waals surface area contributed by atoms with E-state index in [1.165, 1.54) is 18.2 Å². The molecule has 0 saturated heterocycles. The monoisotopic (exact) mass is 218 g/mol. The van der Waals surface area contributed by atoms with Gasteiger partial charge < -0.3 is 9.84 Å². The minimum Gasteiger partial charge on any atom is -0.394 e. The Bertz CT molecular complexity index is 426. The van der Waals surface area contributed by atoms with Gasteiger partial charge in [-0.25, -0.2) is 4.39 Å². The Balaban J connectivity index is 3.18. The zero-order valence-corrected chi connectivity index (χ0v) is 8.61. The highest BCUT2D eigenvalue weighted by Gasteiger charge is 2.31. The van der Waals surface area contributed by atoms with Gasteiger partial charge in [-0.1, -0.05) is 30.0 Å². The number of aliphatic hydroxyl groups excluding tert-OH is 1. The fourth-order valence-electron chi connectivity index (χ4n) is 1.30. The van der Waals surface area contributed by atoms with Crippen molar-refractivity contribution in [3.63, 3.8) is 0 Å². The molecule has 0 radical (unpaired) electrons. The first-order valence-electron chi connectivity index (χ1n) is 4.65. The summed E-state index contributed by atoms with van der Waals surface area (Å²) < 4.78 is 18.7. The predicted octanol–water partition coefficient (Wildman–Crippen LogP) is 1.30. The summed E-state index contributed by atoms with van der Waals surface area (Å²) in [5, 5.41) is 8.68. The second-order valence-corrected chi connectivity index (χ2v) is 3.02. The fraction of sp³-hybridized carbons (Fsp3) is 0.231. The molecule has 16 heavy (non-hydrogen) atoms. The highest BCUT2D eigenvalue weighted by Crippen LogP contribution is 2.26. The number of aliphatic hydroxyl groups is 1. The third-order valence-electron chi connectivity index (χ3n) is 2.07. The summed E-state index contributed by atoms with van der Waals surface area (Å²) in [4.78, 5) is 0. The largest absolute Gasteiger partial charge is 0.394 e. The third-order valence-corrected chi connectivity index (χ3v) is 2.07. The molecule has 2 nitrogen and oxygen atoms in total. The molecule has 0 fully saturated rings. The van der Waals surface area contributed by atoms with Crippen LogP contribution in [0, 0.1) is 30.5 Å². The smallest absolute Gasteiger partial charge is 0.218 e. The second-order valence-electron chi connectivity index (χ2n) is 3.02. The quantitative estimate of drug-likeness (QED) is 0.772. The summed E-state index contributed by atoms with van der Waals surface area (Å²) in [6.45, 7) is -0.289. The number of terminal acetylenes is 2. The highest BCUT2D eigenvalue weighted by molar-refractivity contribution is 5.40. The lowest BCUT2D eigenvalue weighted by Crippen LogP contribution is -2.28. The molecule has 0 aliphatic rings. The Kier molecular flexibility index (Phi) is 4.08. The molecule has 0 aliphatic carbocycles. The van der Waals surface area contributed by atoms with E-state index in [4.69, 9.17) is 22.7 Å². The van der Waals surface area contributed by atoms with Crippen molar-refractivity contribution in [3.8, 4) is 24.7 Å². The first kappa shape index (κ1) is 12.3. The van der Waals surface area contributed by atoms with Crippen molar-refractivity contribution in [3.05, 3.63) is 35.6 Å². The van der Waals surface area contributed by atoms with Crippen LogP contribution in [0.15, 0.2) is 24.3 Å². The maximum atomic E-state index is 13.6. The minimum atomic E-state index is -1.56. The Morgan fingerprint density at radius 3 is 2.44 bits per heavy atom. The van der Waals surface area contributed by atoms with E-state index in [0.29, 0.717) is 0 Å². The number of halogens is 1. The number of hydrogen-bond donors (Lipinski definition) is 1. The number of ether oxygens (including phenoxy) is 1. The van der Waals surface area contributed by atoms with Gasteiger partial charge in [0.2, 0.25) is 5.60 Å². The molecule has 0 aliphatic heterocycles. The van der Waals surface area contributed by atoms with E-state index in [0.717, 1.165) is 0 Å². The van der Waals surface area contributed by atoms with Crippen LogP contribution in [0.5, 0.6) is 0 Å². The van der Waals surface area contributed by atoms with E-state index in [9.17, 15) is 4.39 Å². The zero-order chi connectivity index (χ0) is 12.0. The van der Waals surface area contributed by atoms with Crippen molar-refractivity contribution in [1.82, 2.24) is 0 Å². The van der Waals surface area contributed by atoms with Crippen molar-refractivity contribution >= 4 is 0 Å². The average Bonchev–Trinajstić information content (AvgIpc) is 2.33. The molecule has 3 heteroatoms. The van der Waals surface area contributed by atoms with E-state index in [1.807, 2.05) is 0 Å². The molecule has 0 atom stereocenters. The molecule has 1 rings (SSSR count). The van der Waals surface area contributed by atoms with Crippen LogP contribution in [0.3, 0.4) is 0 Å². The Morgan fingerprint density at radius 2 is 1.94 bits per heavy atom. The van der Waals surface area contributed by atoms with Gasteiger partial charge in [0, 0.05) is 5.56 Å². The first-order chi connectivity index (χ1) is 7.70.